The minimum atomic E-state index is 0.366. The predicted octanol–water partition coefficient (Wildman–Crippen LogP) is 2.68. The molecule has 0 radical (unpaired) electrons. The van der Waals surface area contributed by atoms with E-state index in [0.29, 0.717) is 17.7 Å². The van der Waals surface area contributed by atoms with Crippen LogP contribution < -0.4 is 0 Å². The Bertz CT molecular complexity index is 181. The van der Waals surface area contributed by atoms with Gasteiger partial charge in [0.2, 0.25) is 5.91 Å². The number of amides is 1. The van der Waals surface area contributed by atoms with Crippen molar-refractivity contribution in [3.63, 3.8) is 0 Å². The highest BCUT2D eigenvalue weighted by Gasteiger charge is 2.24. The van der Waals surface area contributed by atoms with Gasteiger partial charge in [-0.15, -0.1) is 0 Å². The van der Waals surface area contributed by atoms with Gasteiger partial charge in [0.25, 0.3) is 0 Å². The zero-order valence-corrected chi connectivity index (χ0v) is 9.75. The third-order valence-corrected chi connectivity index (χ3v) is 2.97. The number of likely N-dealkylation sites (tertiary alicyclic amines) is 1. The van der Waals surface area contributed by atoms with Crippen LogP contribution in [-0.4, -0.2) is 23.9 Å². The van der Waals surface area contributed by atoms with E-state index in [1.54, 1.807) is 0 Å². The van der Waals surface area contributed by atoms with Gasteiger partial charge in [-0.05, 0) is 24.7 Å². The van der Waals surface area contributed by atoms with Crippen LogP contribution >= 0.6 is 0 Å². The van der Waals surface area contributed by atoms with E-state index in [4.69, 9.17) is 0 Å². The fraction of sp³-hybridized carbons (Fsp3) is 0.917. The molecule has 2 unspecified atom stereocenters. The number of unbranched alkanes of at least 4 members (excludes halogenated alkanes) is 1. The molecule has 1 amide bonds. The van der Waals surface area contributed by atoms with E-state index in [0.717, 1.165) is 32.4 Å². The molecule has 1 aliphatic rings. The van der Waals surface area contributed by atoms with Crippen LogP contribution in [0, 0.1) is 11.8 Å². The standard InChI is InChI=1S/C12H23NO/c1-4-5-6-12(14)13-8-10(2)7-11(3)9-13/h10-11H,4-9H2,1-3H3. The highest BCUT2D eigenvalue weighted by molar-refractivity contribution is 5.76. The average Bonchev–Trinajstić information content (AvgIpc) is 2.12. The number of rotatable bonds is 3. The zero-order chi connectivity index (χ0) is 10.6. The Morgan fingerprint density at radius 2 is 1.86 bits per heavy atom. The van der Waals surface area contributed by atoms with Gasteiger partial charge in [0.05, 0.1) is 0 Å². The molecule has 2 nitrogen and oxygen atoms in total. The van der Waals surface area contributed by atoms with Crippen molar-refractivity contribution in [2.45, 2.75) is 46.5 Å². The minimum absolute atomic E-state index is 0.366. The van der Waals surface area contributed by atoms with Gasteiger partial charge in [-0.2, -0.15) is 0 Å². The van der Waals surface area contributed by atoms with E-state index < -0.39 is 0 Å². The van der Waals surface area contributed by atoms with Crippen molar-refractivity contribution in [2.24, 2.45) is 11.8 Å². The molecule has 0 N–H and O–H groups in total. The maximum Gasteiger partial charge on any atom is 0.222 e. The Kier molecular flexibility index (Phi) is 4.43. The van der Waals surface area contributed by atoms with E-state index in [9.17, 15) is 4.79 Å². The molecule has 1 saturated heterocycles. The fourth-order valence-corrected chi connectivity index (χ4v) is 2.35. The van der Waals surface area contributed by atoms with Crippen LogP contribution in [0.2, 0.25) is 0 Å². The number of hydrogen-bond donors (Lipinski definition) is 0. The molecular formula is C12H23NO. The van der Waals surface area contributed by atoms with Crippen molar-refractivity contribution in [1.82, 2.24) is 4.90 Å². The lowest BCUT2D eigenvalue weighted by Gasteiger charge is -2.35. The molecule has 1 fully saturated rings. The first-order valence-corrected chi connectivity index (χ1v) is 5.91. The maximum atomic E-state index is 11.8. The van der Waals surface area contributed by atoms with Gasteiger partial charge < -0.3 is 4.90 Å². The Balaban J connectivity index is 2.38. The summed E-state index contributed by atoms with van der Waals surface area (Å²) in [6, 6.07) is 0. The molecule has 1 heterocycles. The lowest BCUT2D eigenvalue weighted by atomic mass is 9.91. The summed E-state index contributed by atoms with van der Waals surface area (Å²) in [5.41, 5.74) is 0. The third kappa shape index (κ3) is 3.32. The molecule has 0 aromatic heterocycles. The molecule has 0 bridgehead atoms. The van der Waals surface area contributed by atoms with E-state index in [1.165, 1.54) is 6.42 Å². The average molecular weight is 197 g/mol. The molecule has 1 rings (SSSR count). The maximum absolute atomic E-state index is 11.8. The summed E-state index contributed by atoms with van der Waals surface area (Å²) < 4.78 is 0. The molecule has 0 aromatic carbocycles. The van der Waals surface area contributed by atoms with Crippen LogP contribution in [0.5, 0.6) is 0 Å². The van der Waals surface area contributed by atoms with Crippen LogP contribution in [0.1, 0.15) is 46.5 Å². The second kappa shape index (κ2) is 5.38. The molecule has 0 aromatic rings. The molecule has 0 saturated carbocycles. The van der Waals surface area contributed by atoms with Crippen molar-refractivity contribution < 1.29 is 4.79 Å². The first-order chi connectivity index (χ1) is 6.63. The largest absolute Gasteiger partial charge is 0.342 e. The van der Waals surface area contributed by atoms with Crippen molar-refractivity contribution in [3.8, 4) is 0 Å². The van der Waals surface area contributed by atoms with Crippen LogP contribution in [0.15, 0.2) is 0 Å². The van der Waals surface area contributed by atoms with E-state index in [1.807, 2.05) is 0 Å². The number of piperidine rings is 1. The second-order valence-electron chi connectivity index (χ2n) is 4.85. The number of carbonyl (C=O) groups excluding carboxylic acids is 1. The molecule has 2 heteroatoms. The molecule has 0 aliphatic carbocycles. The Hall–Kier alpha value is -0.530. The summed E-state index contributed by atoms with van der Waals surface area (Å²) in [7, 11) is 0. The SMILES string of the molecule is CCCCC(=O)N1CC(C)CC(C)C1. The van der Waals surface area contributed by atoms with Gasteiger partial charge >= 0.3 is 0 Å². The lowest BCUT2D eigenvalue weighted by molar-refractivity contribution is -0.134. The minimum Gasteiger partial charge on any atom is -0.342 e. The normalized spacial score (nSPS) is 27.8. The Morgan fingerprint density at radius 1 is 1.29 bits per heavy atom. The second-order valence-corrected chi connectivity index (χ2v) is 4.85. The summed E-state index contributed by atoms with van der Waals surface area (Å²) in [5, 5.41) is 0. The number of hydrogen-bond acceptors (Lipinski definition) is 1. The molecule has 0 spiro atoms. The highest BCUT2D eigenvalue weighted by atomic mass is 16.2. The molecule has 2 atom stereocenters. The Morgan fingerprint density at radius 3 is 2.36 bits per heavy atom. The molecule has 14 heavy (non-hydrogen) atoms. The van der Waals surface area contributed by atoms with Crippen LogP contribution in [-0.2, 0) is 4.79 Å². The Labute approximate surface area is 87.7 Å². The molecular weight excluding hydrogens is 174 g/mol. The highest BCUT2D eigenvalue weighted by Crippen LogP contribution is 2.21. The van der Waals surface area contributed by atoms with Gasteiger partial charge in [0.15, 0.2) is 0 Å². The molecule has 82 valence electrons. The van der Waals surface area contributed by atoms with Gasteiger partial charge in [-0.25, -0.2) is 0 Å². The van der Waals surface area contributed by atoms with Gasteiger partial charge in [-0.3, -0.25) is 4.79 Å². The molecule has 1 aliphatic heterocycles. The quantitative estimate of drug-likeness (QED) is 0.681. The van der Waals surface area contributed by atoms with Gasteiger partial charge in [0, 0.05) is 19.5 Å². The van der Waals surface area contributed by atoms with E-state index in [-0.39, 0.29) is 0 Å². The van der Waals surface area contributed by atoms with Crippen LogP contribution in [0.3, 0.4) is 0 Å². The van der Waals surface area contributed by atoms with Crippen molar-refractivity contribution >= 4 is 5.91 Å². The fourth-order valence-electron chi connectivity index (χ4n) is 2.35. The summed E-state index contributed by atoms with van der Waals surface area (Å²) in [6.45, 7) is 8.58. The monoisotopic (exact) mass is 197 g/mol. The number of carbonyl (C=O) groups is 1. The van der Waals surface area contributed by atoms with E-state index in [2.05, 4.69) is 25.7 Å². The zero-order valence-electron chi connectivity index (χ0n) is 9.75. The van der Waals surface area contributed by atoms with Gasteiger partial charge in [0.1, 0.15) is 0 Å². The van der Waals surface area contributed by atoms with Crippen molar-refractivity contribution in [2.75, 3.05) is 13.1 Å². The third-order valence-electron chi connectivity index (χ3n) is 2.97. The van der Waals surface area contributed by atoms with Gasteiger partial charge in [-0.1, -0.05) is 27.2 Å². The van der Waals surface area contributed by atoms with Crippen LogP contribution in [0.25, 0.3) is 0 Å². The topological polar surface area (TPSA) is 20.3 Å². The smallest absolute Gasteiger partial charge is 0.222 e. The predicted molar refractivity (Wildman–Crippen MR) is 59.1 cm³/mol. The first-order valence-electron chi connectivity index (χ1n) is 5.91. The number of nitrogens with zero attached hydrogens (tertiary/aromatic N) is 1. The summed E-state index contributed by atoms with van der Waals surface area (Å²) in [5.74, 6) is 1.74. The summed E-state index contributed by atoms with van der Waals surface area (Å²) in [6.07, 6.45) is 4.18. The van der Waals surface area contributed by atoms with E-state index >= 15 is 0 Å². The van der Waals surface area contributed by atoms with Crippen molar-refractivity contribution in [1.29, 1.82) is 0 Å². The first kappa shape index (κ1) is 11.5. The van der Waals surface area contributed by atoms with Crippen molar-refractivity contribution in [3.05, 3.63) is 0 Å². The lowest BCUT2D eigenvalue weighted by Crippen LogP contribution is -2.42. The summed E-state index contributed by atoms with van der Waals surface area (Å²) >= 11 is 0. The van der Waals surface area contributed by atoms with Crippen LogP contribution in [0.4, 0.5) is 0 Å². The summed E-state index contributed by atoms with van der Waals surface area (Å²) in [4.78, 5) is 13.8.